The van der Waals surface area contributed by atoms with Crippen molar-refractivity contribution >= 4 is 34.1 Å². The van der Waals surface area contributed by atoms with E-state index in [0.29, 0.717) is 0 Å². The maximum absolute atomic E-state index is 2.58. The molecule has 0 spiro atoms. The Morgan fingerprint density at radius 3 is 1.38 bits per heavy atom. The number of para-hydroxylation sites is 2. The molecule has 0 fully saturated rings. The van der Waals surface area contributed by atoms with E-state index in [0.717, 1.165) is 31.4 Å². The topological polar surface area (TPSA) is 6.48 Å². The molecule has 0 unspecified atom stereocenters. The van der Waals surface area contributed by atoms with Crippen molar-refractivity contribution in [3.63, 3.8) is 0 Å². The summed E-state index contributed by atoms with van der Waals surface area (Å²) >= 11 is 0. The summed E-state index contributed by atoms with van der Waals surface area (Å²) in [4.78, 5) is 5.03. The summed E-state index contributed by atoms with van der Waals surface area (Å²) in [6.07, 6.45) is 3.63. The van der Waals surface area contributed by atoms with Crippen molar-refractivity contribution in [2.45, 2.75) is 44.9 Å². The lowest BCUT2D eigenvalue weighted by Gasteiger charge is -2.33. The number of nitrogens with zero attached hydrogens (tertiary/aromatic N) is 2. The van der Waals surface area contributed by atoms with E-state index >= 15 is 0 Å². The minimum atomic E-state index is -0.155. The zero-order chi connectivity index (χ0) is 42.3. The Balaban J connectivity index is 1.08. The summed E-state index contributed by atoms with van der Waals surface area (Å²) in [5.74, 6) is 0. The molecule has 0 aromatic heterocycles. The summed E-state index contributed by atoms with van der Waals surface area (Å²) in [5.41, 5.74) is 22.7. The molecule has 0 radical (unpaired) electrons. The van der Waals surface area contributed by atoms with Gasteiger partial charge in [0.05, 0.1) is 5.69 Å². The maximum atomic E-state index is 2.58. The minimum absolute atomic E-state index is 0.155. The summed E-state index contributed by atoms with van der Waals surface area (Å²) in [6.45, 7) is 4.78. The first kappa shape index (κ1) is 38.5. The fourth-order valence-corrected chi connectivity index (χ4v) is 10.1. The molecule has 2 heteroatoms. The van der Waals surface area contributed by atoms with Gasteiger partial charge in [-0.25, -0.2) is 0 Å². The number of hydrogen-bond donors (Lipinski definition) is 0. The highest BCUT2D eigenvalue weighted by Crippen LogP contribution is 2.54. The van der Waals surface area contributed by atoms with E-state index in [1.807, 2.05) is 0 Å². The molecular formula is C61H50N2. The van der Waals surface area contributed by atoms with Gasteiger partial charge in [-0.2, -0.15) is 0 Å². The molecule has 9 aromatic rings. The first-order valence-electron chi connectivity index (χ1n) is 22.4. The van der Waals surface area contributed by atoms with Crippen molar-refractivity contribution in [3.05, 3.63) is 252 Å². The smallest absolute Gasteiger partial charge is 0.0543 e. The number of anilines is 6. The van der Waals surface area contributed by atoms with Gasteiger partial charge in [0.15, 0.2) is 0 Å². The number of rotatable bonds is 8. The third kappa shape index (κ3) is 7.12. The third-order valence-corrected chi connectivity index (χ3v) is 13.4. The average Bonchev–Trinajstić information content (AvgIpc) is 3.56. The van der Waals surface area contributed by atoms with Crippen molar-refractivity contribution in [2.24, 2.45) is 0 Å². The lowest BCUT2D eigenvalue weighted by molar-refractivity contribution is 0.660. The Bertz CT molecular complexity index is 3020. The second kappa shape index (κ2) is 16.1. The van der Waals surface area contributed by atoms with Gasteiger partial charge in [0.25, 0.3) is 0 Å². The van der Waals surface area contributed by atoms with Crippen LogP contribution in [0.4, 0.5) is 34.1 Å². The lowest BCUT2D eigenvalue weighted by atomic mass is 9.81. The second-order valence-electron chi connectivity index (χ2n) is 17.6. The standard InChI is InChI=1S/C61H50N2/c1-61(2)56-26-16-15-25-53(56)55-41-54(47-19-9-4-10-20-47)60(42-57(55)61)63(52-37-35-46(36-38-52)45-17-7-3-8-18-45)59-40-44-28-32-48-31-27-43(29-33-49(59)34-30-44)39-58(48)62(50-21-11-5-12-22-50)51-23-13-6-14-24-51/h3-27,30-31,34-42H,28-29,32-33H2,1-2H3. The Labute approximate surface area is 372 Å². The van der Waals surface area contributed by atoms with Gasteiger partial charge in [0.1, 0.15) is 0 Å². The molecule has 5 aliphatic carbocycles. The van der Waals surface area contributed by atoms with E-state index in [-0.39, 0.29) is 5.41 Å². The minimum Gasteiger partial charge on any atom is -0.310 e. The molecule has 0 saturated carbocycles. The number of hydrogen-bond acceptors (Lipinski definition) is 2. The van der Waals surface area contributed by atoms with Crippen molar-refractivity contribution in [1.29, 1.82) is 0 Å². The summed E-state index contributed by atoms with van der Waals surface area (Å²) < 4.78 is 0. The molecule has 0 aliphatic heterocycles. The summed E-state index contributed by atoms with van der Waals surface area (Å²) in [7, 11) is 0. The zero-order valence-corrected chi connectivity index (χ0v) is 36.0. The Hall–Kier alpha value is -7.42. The monoisotopic (exact) mass is 810 g/mol. The lowest BCUT2D eigenvalue weighted by Crippen LogP contribution is -2.18. The van der Waals surface area contributed by atoms with Crippen LogP contribution in [-0.4, -0.2) is 0 Å². The Kier molecular flexibility index (Phi) is 9.85. The van der Waals surface area contributed by atoms with E-state index in [1.165, 1.54) is 95.2 Å². The number of benzene rings is 9. The molecule has 9 aromatic carbocycles. The first-order valence-corrected chi connectivity index (χ1v) is 22.4. The van der Waals surface area contributed by atoms with Crippen LogP contribution in [0, 0.1) is 0 Å². The third-order valence-electron chi connectivity index (χ3n) is 13.4. The molecule has 0 atom stereocenters. The first-order chi connectivity index (χ1) is 31.0. The summed E-state index contributed by atoms with van der Waals surface area (Å²) in [5, 5.41) is 0. The SMILES string of the molecule is CC1(C)c2ccccc2-c2cc(-c3ccccc3)c(N(c3ccc(-c4ccccc4)cc3)c3cc4ccc3CCc3ccc(c(N(c5ccccc5)c5ccccc5)c3)CC4)cc21. The van der Waals surface area contributed by atoms with Gasteiger partial charge >= 0.3 is 0 Å². The van der Waals surface area contributed by atoms with Gasteiger partial charge in [0.2, 0.25) is 0 Å². The average molecular weight is 811 g/mol. The molecule has 304 valence electrons. The quantitative estimate of drug-likeness (QED) is 0.151. The highest BCUT2D eigenvalue weighted by atomic mass is 15.2. The van der Waals surface area contributed by atoms with E-state index in [2.05, 4.69) is 242 Å². The predicted molar refractivity (Wildman–Crippen MR) is 266 cm³/mol. The van der Waals surface area contributed by atoms with E-state index in [9.17, 15) is 0 Å². The fourth-order valence-electron chi connectivity index (χ4n) is 10.1. The van der Waals surface area contributed by atoms with Crippen LogP contribution in [-0.2, 0) is 31.1 Å². The maximum Gasteiger partial charge on any atom is 0.0543 e. The molecule has 0 N–H and O–H groups in total. The molecule has 0 heterocycles. The van der Waals surface area contributed by atoms with Crippen molar-refractivity contribution in [2.75, 3.05) is 9.80 Å². The van der Waals surface area contributed by atoms with Gasteiger partial charge < -0.3 is 9.80 Å². The molecular weight excluding hydrogens is 761 g/mol. The molecule has 0 amide bonds. The van der Waals surface area contributed by atoms with Crippen LogP contribution in [0.15, 0.2) is 218 Å². The van der Waals surface area contributed by atoms with Crippen molar-refractivity contribution in [3.8, 4) is 33.4 Å². The zero-order valence-electron chi connectivity index (χ0n) is 36.0. The van der Waals surface area contributed by atoms with Crippen LogP contribution < -0.4 is 9.80 Å². The van der Waals surface area contributed by atoms with Crippen LogP contribution in [0.25, 0.3) is 33.4 Å². The molecule has 5 aliphatic rings. The van der Waals surface area contributed by atoms with Crippen LogP contribution in [0.5, 0.6) is 0 Å². The molecule has 2 nitrogen and oxygen atoms in total. The predicted octanol–water partition coefficient (Wildman–Crippen LogP) is 16.2. The highest BCUT2D eigenvalue weighted by Gasteiger charge is 2.37. The molecule has 14 rings (SSSR count). The highest BCUT2D eigenvalue weighted by molar-refractivity contribution is 5.95. The van der Waals surface area contributed by atoms with Gasteiger partial charge in [-0.3, -0.25) is 0 Å². The number of fused-ring (bicyclic) bond motifs is 3. The molecule has 0 saturated heterocycles. The van der Waals surface area contributed by atoms with Gasteiger partial charge in [-0.15, -0.1) is 0 Å². The van der Waals surface area contributed by atoms with Crippen molar-refractivity contribution < 1.29 is 0 Å². The van der Waals surface area contributed by atoms with E-state index in [4.69, 9.17) is 0 Å². The largest absolute Gasteiger partial charge is 0.310 e. The Morgan fingerprint density at radius 1 is 0.317 bits per heavy atom. The van der Waals surface area contributed by atoms with Crippen LogP contribution in [0.1, 0.15) is 47.2 Å². The van der Waals surface area contributed by atoms with E-state index in [1.54, 1.807) is 0 Å². The van der Waals surface area contributed by atoms with Crippen LogP contribution in [0.3, 0.4) is 0 Å². The Morgan fingerprint density at radius 2 is 0.794 bits per heavy atom. The normalized spacial score (nSPS) is 13.4. The second-order valence-corrected chi connectivity index (χ2v) is 17.6. The van der Waals surface area contributed by atoms with Crippen molar-refractivity contribution in [1.82, 2.24) is 0 Å². The van der Waals surface area contributed by atoms with E-state index < -0.39 is 0 Å². The van der Waals surface area contributed by atoms with Gasteiger partial charge in [-0.1, -0.05) is 172 Å². The molecule has 4 bridgehead atoms. The summed E-state index contributed by atoms with van der Waals surface area (Å²) in [6, 6.07) is 81.1. The van der Waals surface area contributed by atoms with Gasteiger partial charge in [0, 0.05) is 39.4 Å². The van der Waals surface area contributed by atoms with Gasteiger partial charge in [-0.05, 0) is 148 Å². The number of aryl methyl sites for hydroxylation is 4. The molecule has 63 heavy (non-hydrogen) atoms. The fraction of sp³-hybridized carbons (Fsp3) is 0.115. The van der Waals surface area contributed by atoms with Crippen LogP contribution in [0.2, 0.25) is 0 Å². The van der Waals surface area contributed by atoms with Crippen LogP contribution >= 0.6 is 0 Å².